The van der Waals surface area contributed by atoms with Crippen LogP contribution in [0.1, 0.15) is 5.56 Å². The summed E-state index contributed by atoms with van der Waals surface area (Å²) in [5.41, 5.74) is 5.87. The molecule has 3 aromatic carbocycles. The molecule has 0 atom stereocenters. The molecule has 0 aliphatic carbocycles. The third-order valence-corrected chi connectivity index (χ3v) is 5.02. The fourth-order valence-electron chi connectivity index (χ4n) is 2.67. The molecule has 0 N–H and O–H groups in total. The lowest BCUT2D eigenvalue weighted by Gasteiger charge is -2.10. The Balaban J connectivity index is 1.71. The average molecular weight is 301 g/mol. The normalized spacial score (nSPS) is 13.1. The summed E-state index contributed by atoms with van der Waals surface area (Å²) in [7, 11) is 2.09. The predicted octanol–water partition coefficient (Wildman–Crippen LogP) is 5.54. The van der Waals surface area contributed by atoms with Crippen molar-refractivity contribution in [2.75, 3.05) is 11.9 Å². The summed E-state index contributed by atoms with van der Waals surface area (Å²) in [6, 6.07) is 23.4. The van der Waals surface area contributed by atoms with Crippen molar-refractivity contribution in [1.82, 2.24) is 0 Å². The molecular formula is C20H15NS. The van der Waals surface area contributed by atoms with Crippen LogP contribution in [0.25, 0.3) is 16.8 Å². The maximum atomic E-state index is 3.44. The van der Waals surface area contributed by atoms with E-state index < -0.39 is 0 Å². The number of anilines is 1. The van der Waals surface area contributed by atoms with Gasteiger partial charge in [-0.15, -0.1) is 0 Å². The highest BCUT2D eigenvalue weighted by molar-refractivity contribution is 8.03. The summed E-state index contributed by atoms with van der Waals surface area (Å²) in [4.78, 5) is 3.48. The van der Waals surface area contributed by atoms with Crippen LogP contribution in [0.3, 0.4) is 0 Å². The van der Waals surface area contributed by atoms with E-state index >= 15 is 0 Å². The Hall–Kier alpha value is -2.41. The zero-order valence-corrected chi connectivity index (χ0v) is 13.1. The third-order valence-electron chi connectivity index (χ3n) is 3.87. The second-order valence-electron chi connectivity index (χ2n) is 5.33. The fourth-order valence-corrected chi connectivity index (χ4v) is 3.69. The molecule has 0 unspecified atom stereocenters. The van der Waals surface area contributed by atoms with E-state index in [2.05, 4.69) is 90.5 Å². The molecule has 0 bridgehead atoms. The summed E-state index contributed by atoms with van der Waals surface area (Å²) in [6.45, 7) is 0. The molecule has 3 aromatic rings. The van der Waals surface area contributed by atoms with E-state index in [0.29, 0.717) is 0 Å². The first-order chi connectivity index (χ1) is 10.8. The number of rotatable bonds is 1. The van der Waals surface area contributed by atoms with Crippen molar-refractivity contribution in [1.29, 1.82) is 0 Å². The number of nitrogens with zero attached hydrogens (tertiary/aromatic N) is 1. The number of hydrogen-bond donors (Lipinski definition) is 0. The molecule has 0 amide bonds. The van der Waals surface area contributed by atoms with E-state index in [0.717, 1.165) is 5.03 Å². The Morgan fingerprint density at radius 3 is 2.55 bits per heavy atom. The number of para-hydroxylation sites is 1. The van der Waals surface area contributed by atoms with Gasteiger partial charge in [-0.1, -0.05) is 66.0 Å². The first kappa shape index (κ1) is 13.3. The minimum Gasteiger partial charge on any atom is -0.332 e. The van der Waals surface area contributed by atoms with Crippen LogP contribution in [0.4, 0.5) is 5.69 Å². The molecule has 1 aliphatic rings. The molecule has 0 saturated heterocycles. The highest BCUT2D eigenvalue weighted by atomic mass is 32.2. The van der Waals surface area contributed by atoms with Crippen LogP contribution in [-0.4, -0.2) is 7.05 Å². The number of fused-ring (bicyclic) bond motifs is 2. The Bertz CT molecular complexity index is 920. The van der Waals surface area contributed by atoms with Crippen LogP contribution in [0.5, 0.6) is 0 Å². The quantitative estimate of drug-likeness (QED) is 0.543. The van der Waals surface area contributed by atoms with Gasteiger partial charge in [0.1, 0.15) is 5.03 Å². The number of thioether (sulfide) groups is 1. The van der Waals surface area contributed by atoms with E-state index in [1.807, 2.05) is 0 Å². The van der Waals surface area contributed by atoms with Gasteiger partial charge in [0.05, 0.1) is 5.69 Å². The molecule has 106 valence electrons. The van der Waals surface area contributed by atoms with Crippen molar-refractivity contribution in [2.45, 2.75) is 4.90 Å². The second kappa shape index (κ2) is 5.42. The van der Waals surface area contributed by atoms with Gasteiger partial charge >= 0.3 is 0 Å². The van der Waals surface area contributed by atoms with Crippen LogP contribution < -0.4 is 4.90 Å². The zero-order valence-electron chi connectivity index (χ0n) is 12.3. The molecule has 2 heteroatoms. The largest absolute Gasteiger partial charge is 0.332 e. The molecule has 0 aromatic heterocycles. The zero-order chi connectivity index (χ0) is 14.9. The number of benzene rings is 3. The smallest absolute Gasteiger partial charge is 0.124 e. The molecule has 0 fully saturated rings. The van der Waals surface area contributed by atoms with E-state index in [1.165, 1.54) is 26.9 Å². The van der Waals surface area contributed by atoms with Crippen molar-refractivity contribution in [2.24, 2.45) is 0 Å². The van der Waals surface area contributed by atoms with Gasteiger partial charge in [0.15, 0.2) is 0 Å². The van der Waals surface area contributed by atoms with E-state index in [-0.39, 0.29) is 0 Å². The van der Waals surface area contributed by atoms with Gasteiger partial charge < -0.3 is 4.90 Å². The minimum atomic E-state index is 1.13. The predicted molar refractivity (Wildman–Crippen MR) is 96.1 cm³/mol. The Kier molecular flexibility index (Phi) is 3.27. The van der Waals surface area contributed by atoms with Crippen LogP contribution >= 0.6 is 11.8 Å². The van der Waals surface area contributed by atoms with Gasteiger partial charge in [-0.25, -0.2) is 0 Å². The highest BCUT2D eigenvalue weighted by Crippen LogP contribution is 2.44. The standard InChI is InChI=1S/C20H15NS/c1-21-18-8-4-5-9-19(18)22-20(21)13-11-15-10-12-16-6-2-3-7-17(16)14-15/h2-12,14H,1H3. The van der Waals surface area contributed by atoms with Crippen molar-refractivity contribution >= 4 is 34.3 Å². The summed E-state index contributed by atoms with van der Waals surface area (Å²) in [6.07, 6.45) is 2.07. The lowest BCUT2D eigenvalue weighted by atomic mass is 10.1. The molecule has 0 saturated carbocycles. The van der Waals surface area contributed by atoms with Gasteiger partial charge in [0.25, 0.3) is 0 Å². The first-order valence-electron chi connectivity index (χ1n) is 7.27. The van der Waals surface area contributed by atoms with Crippen molar-refractivity contribution < 1.29 is 0 Å². The van der Waals surface area contributed by atoms with Gasteiger partial charge in [-0.2, -0.15) is 0 Å². The molecule has 1 heterocycles. The lowest BCUT2D eigenvalue weighted by Crippen LogP contribution is -2.08. The number of hydrogen-bond acceptors (Lipinski definition) is 2. The fraction of sp³-hybridized carbons (Fsp3) is 0.0500. The van der Waals surface area contributed by atoms with Gasteiger partial charge in [-0.05, 0) is 40.6 Å². The Morgan fingerprint density at radius 1 is 0.909 bits per heavy atom. The van der Waals surface area contributed by atoms with Crippen LogP contribution in [0.2, 0.25) is 0 Å². The van der Waals surface area contributed by atoms with E-state index in [9.17, 15) is 0 Å². The van der Waals surface area contributed by atoms with Crippen molar-refractivity contribution in [3.05, 3.63) is 83.1 Å². The van der Waals surface area contributed by atoms with Crippen molar-refractivity contribution in [3.8, 4) is 0 Å². The summed E-state index contributed by atoms with van der Waals surface area (Å²) < 4.78 is 0. The lowest BCUT2D eigenvalue weighted by molar-refractivity contribution is 1.18. The molecule has 22 heavy (non-hydrogen) atoms. The first-order valence-corrected chi connectivity index (χ1v) is 8.09. The van der Waals surface area contributed by atoms with Gasteiger partial charge in [0.2, 0.25) is 0 Å². The van der Waals surface area contributed by atoms with Crippen LogP contribution in [0.15, 0.2) is 82.4 Å². The SMILES string of the molecule is CN1C(=C=Cc2ccc3ccccc3c2)Sc2ccccc21. The average Bonchev–Trinajstić information content (AvgIpc) is 2.89. The maximum Gasteiger partial charge on any atom is 0.124 e. The third kappa shape index (κ3) is 2.33. The maximum absolute atomic E-state index is 3.44. The summed E-state index contributed by atoms with van der Waals surface area (Å²) in [5.74, 6) is 0. The van der Waals surface area contributed by atoms with E-state index in [1.54, 1.807) is 11.8 Å². The van der Waals surface area contributed by atoms with Crippen molar-refractivity contribution in [3.63, 3.8) is 0 Å². The molecule has 0 radical (unpaired) electrons. The van der Waals surface area contributed by atoms with Crippen LogP contribution in [-0.2, 0) is 0 Å². The van der Waals surface area contributed by atoms with Crippen LogP contribution in [0, 0.1) is 0 Å². The monoisotopic (exact) mass is 301 g/mol. The van der Waals surface area contributed by atoms with Gasteiger partial charge in [-0.3, -0.25) is 0 Å². The molecule has 1 nitrogen and oxygen atoms in total. The molecular weight excluding hydrogens is 286 g/mol. The second-order valence-corrected chi connectivity index (χ2v) is 6.36. The Morgan fingerprint density at radius 2 is 1.68 bits per heavy atom. The minimum absolute atomic E-state index is 1.13. The summed E-state index contributed by atoms with van der Waals surface area (Å²) >= 11 is 1.77. The Labute approximate surface area is 134 Å². The molecule has 1 aliphatic heterocycles. The van der Waals surface area contributed by atoms with E-state index in [4.69, 9.17) is 0 Å². The molecule has 0 spiro atoms. The van der Waals surface area contributed by atoms with Gasteiger partial charge in [0, 0.05) is 11.9 Å². The summed E-state index contributed by atoms with van der Waals surface area (Å²) in [5, 5.41) is 3.67. The topological polar surface area (TPSA) is 3.24 Å². The highest BCUT2D eigenvalue weighted by Gasteiger charge is 2.20. The molecule has 4 rings (SSSR count).